The van der Waals surface area contributed by atoms with Crippen molar-refractivity contribution in [3.05, 3.63) is 29.3 Å². The van der Waals surface area contributed by atoms with Crippen molar-refractivity contribution in [2.75, 3.05) is 6.61 Å². The zero-order valence-electron chi connectivity index (χ0n) is 7.08. The first kappa shape index (κ1) is 7.62. The van der Waals surface area contributed by atoms with Crippen molar-refractivity contribution >= 4 is 0 Å². The Labute approximate surface area is 71.8 Å². The summed E-state index contributed by atoms with van der Waals surface area (Å²) in [5.74, 6) is 0.972. The van der Waals surface area contributed by atoms with Crippen LogP contribution in [-0.4, -0.2) is 11.7 Å². The molecule has 1 aliphatic rings. The van der Waals surface area contributed by atoms with Crippen LogP contribution in [0, 0.1) is 0 Å². The highest BCUT2D eigenvalue weighted by Gasteiger charge is 2.12. The fourth-order valence-corrected chi connectivity index (χ4v) is 1.47. The third-order valence-electron chi connectivity index (χ3n) is 2.20. The van der Waals surface area contributed by atoms with Gasteiger partial charge in [0.15, 0.2) is 0 Å². The lowest BCUT2D eigenvalue weighted by Gasteiger charge is -2.05. The van der Waals surface area contributed by atoms with E-state index >= 15 is 0 Å². The monoisotopic (exact) mass is 164 g/mol. The lowest BCUT2D eigenvalue weighted by atomic mass is 10.1. The summed E-state index contributed by atoms with van der Waals surface area (Å²) in [6.45, 7) is 2.55. The van der Waals surface area contributed by atoms with Gasteiger partial charge in [-0.05, 0) is 30.2 Å². The van der Waals surface area contributed by atoms with E-state index in [-0.39, 0.29) is 6.10 Å². The minimum atomic E-state index is -0.379. The first-order valence-electron chi connectivity index (χ1n) is 4.21. The van der Waals surface area contributed by atoms with Crippen molar-refractivity contribution in [3.8, 4) is 5.75 Å². The topological polar surface area (TPSA) is 29.5 Å². The third-order valence-corrected chi connectivity index (χ3v) is 2.20. The van der Waals surface area contributed by atoms with Gasteiger partial charge in [-0.1, -0.05) is 6.07 Å². The zero-order chi connectivity index (χ0) is 8.55. The Balaban J connectivity index is 2.39. The van der Waals surface area contributed by atoms with Crippen LogP contribution in [0.4, 0.5) is 0 Å². The lowest BCUT2D eigenvalue weighted by Crippen LogP contribution is -1.91. The van der Waals surface area contributed by atoms with Crippen molar-refractivity contribution in [3.63, 3.8) is 0 Å². The first-order valence-corrected chi connectivity index (χ1v) is 4.21. The molecule has 0 aromatic heterocycles. The molecule has 0 aliphatic carbocycles. The molecule has 0 spiro atoms. The Morgan fingerprint density at radius 3 is 3.08 bits per heavy atom. The number of benzene rings is 1. The molecule has 0 bridgehead atoms. The highest BCUT2D eigenvalue weighted by Crippen LogP contribution is 2.27. The average Bonchev–Trinajstić information content (AvgIpc) is 2.49. The summed E-state index contributed by atoms with van der Waals surface area (Å²) in [5, 5.41) is 9.31. The van der Waals surface area contributed by atoms with Gasteiger partial charge in [0.2, 0.25) is 0 Å². The fraction of sp³-hybridized carbons (Fsp3) is 0.400. The average molecular weight is 164 g/mol. The number of rotatable bonds is 1. The van der Waals surface area contributed by atoms with Gasteiger partial charge in [0, 0.05) is 6.42 Å². The largest absolute Gasteiger partial charge is 0.493 e. The van der Waals surface area contributed by atoms with Gasteiger partial charge in [0.1, 0.15) is 5.75 Å². The summed E-state index contributed by atoms with van der Waals surface area (Å²) >= 11 is 0. The fourth-order valence-electron chi connectivity index (χ4n) is 1.47. The molecule has 1 unspecified atom stereocenters. The predicted octanol–water partition coefficient (Wildman–Crippen LogP) is 1.67. The zero-order valence-corrected chi connectivity index (χ0v) is 7.08. The van der Waals surface area contributed by atoms with Crippen LogP contribution in [0.25, 0.3) is 0 Å². The summed E-state index contributed by atoms with van der Waals surface area (Å²) in [5.41, 5.74) is 2.19. The van der Waals surface area contributed by atoms with Gasteiger partial charge in [0.25, 0.3) is 0 Å². The molecule has 0 radical (unpaired) electrons. The third kappa shape index (κ3) is 1.18. The van der Waals surface area contributed by atoms with Crippen molar-refractivity contribution in [2.24, 2.45) is 0 Å². The number of aliphatic hydroxyl groups is 1. The standard InChI is InChI=1S/C10H12O2/c1-7(11)8-2-3-10-9(6-8)4-5-12-10/h2-3,6-7,11H,4-5H2,1H3. The van der Waals surface area contributed by atoms with E-state index in [0.29, 0.717) is 0 Å². The summed E-state index contributed by atoms with van der Waals surface area (Å²) in [6.07, 6.45) is 0.589. The van der Waals surface area contributed by atoms with E-state index < -0.39 is 0 Å². The Morgan fingerprint density at radius 2 is 2.33 bits per heavy atom. The number of fused-ring (bicyclic) bond motifs is 1. The molecule has 2 nitrogen and oxygen atoms in total. The molecule has 1 N–H and O–H groups in total. The van der Waals surface area contributed by atoms with Crippen LogP contribution >= 0.6 is 0 Å². The van der Waals surface area contributed by atoms with Gasteiger partial charge in [0.05, 0.1) is 12.7 Å². The van der Waals surface area contributed by atoms with Crippen LogP contribution in [0.15, 0.2) is 18.2 Å². The second kappa shape index (κ2) is 2.79. The highest BCUT2D eigenvalue weighted by atomic mass is 16.5. The van der Waals surface area contributed by atoms with Gasteiger partial charge < -0.3 is 9.84 Å². The molecule has 1 aromatic rings. The molecule has 12 heavy (non-hydrogen) atoms. The van der Waals surface area contributed by atoms with E-state index in [1.54, 1.807) is 6.92 Å². The molecule has 64 valence electrons. The Hall–Kier alpha value is -1.02. The number of ether oxygens (including phenoxy) is 1. The number of hydrogen-bond acceptors (Lipinski definition) is 2. The molecule has 1 heterocycles. The van der Waals surface area contributed by atoms with E-state index in [0.717, 1.165) is 24.3 Å². The smallest absolute Gasteiger partial charge is 0.122 e. The summed E-state index contributed by atoms with van der Waals surface area (Å²) in [4.78, 5) is 0. The van der Waals surface area contributed by atoms with E-state index in [4.69, 9.17) is 4.74 Å². The summed E-state index contributed by atoms with van der Waals surface area (Å²) in [7, 11) is 0. The molecule has 1 atom stereocenters. The Bertz CT molecular complexity index is 292. The van der Waals surface area contributed by atoms with Gasteiger partial charge in [-0.3, -0.25) is 0 Å². The quantitative estimate of drug-likeness (QED) is 0.684. The van der Waals surface area contributed by atoms with Crippen LogP contribution in [0.3, 0.4) is 0 Å². The first-order chi connectivity index (χ1) is 5.77. The van der Waals surface area contributed by atoms with Gasteiger partial charge in [-0.15, -0.1) is 0 Å². The van der Waals surface area contributed by atoms with Crippen molar-refractivity contribution < 1.29 is 9.84 Å². The predicted molar refractivity (Wildman–Crippen MR) is 46.3 cm³/mol. The van der Waals surface area contributed by atoms with E-state index in [2.05, 4.69) is 0 Å². The molecule has 2 rings (SSSR count). The van der Waals surface area contributed by atoms with Crippen molar-refractivity contribution in [2.45, 2.75) is 19.4 Å². The molecular formula is C10H12O2. The second-order valence-electron chi connectivity index (χ2n) is 3.14. The molecule has 2 heteroatoms. The van der Waals surface area contributed by atoms with Crippen LogP contribution in [0.2, 0.25) is 0 Å². The molecular weight excluding hydrogens is 152 g/mol. The van der Waals surface area contributed by atoms with Gasteiger partial charge >= 0.3 is 0 Å². The minimum Gasteiger partial charge on any atom is -0.493 e. The van der Waals surface area contributed by atoms with Crippen molar-refractivity contribution in [1.82, 2.24) is 0 Å². The Morgan fingerprint density at radius 1 is 1.50 bits per heavy atom. The van der Waals surface area contributed by atoms with Crippen LogP contribution in [-0.2, 0) is 6.42 Å². The van der Waals surface area contributed by atoms with Crippen molar-refractivity contribution in [1.29, 1.82) is 0 Å². The van der Waals surface area contributed by atoms with E-state index in [1.807, 2.05) is 18.2 Å². The normalized spacial score (nSPS) is 16.8. The SMILES string of the molecule is CC(O)c1ccc2c(c1)CCO2. The molecule has 0 fully saturated rings. The molecule has 0 saturated carbocycles. The highest BCUT2D eigenvalue weighted by molar-refractivity contribution is 5.40. The number of aliphatic hydroxyl groups excluding tert-OH is 1. The maximum atomic E-state index is 9.31. The Kier molecular flexibility index (Phi) is 1.77. The van der Waals surface area contributed by atoms with Gasteiger partial charge in [-0.2, -0.15) is 0 Å². The maximum Gasteiger partial charge on any atom is 0.122 e. The van der Waals surface area contributed by atoms with E-state index in [1.165, 1.54) is 5.56 Å². The van der Waals surface area contributed by atoms with Gasteiger partial charge in [-0.25, -0.2) is 0 Å². The molecule has 1 aliphatic heterocycles. The maximum absolute atomic E-state index is 9.31. The molecule has 0 amide bonds. The van der Waals surface area contributed by atoms with E-state index in [9.17, 15) is 5.11 Å². The minimum absolute atomic E-state index is 0.379. The molecule has 0 saturated heterocycles. The summed E-state index contributed by atoms with van der Waals surface area (Å²) < 4.78 is 5.35. The van der Waals surface area contributed by atoms with Crippen LogP contribution in [0.5, 0.6) is 5.75 Å². The van der Waals surface area contributed by atoms with Crippen LogP contribution in [0.1, 0.15) is 24.2 Å². The summed E-state index contributed by atoms with van der Waals surface area (Å²) in [6, 6.07) is 5.87. The number of hydrogen-bond donors (Lipinski definition) is 1. The lowest BCUT2D eigenvalue weighted by molar-refractivity contribution is 0.199. The molecule has 1 aromatic carbocycles. The van der Waals surface area contributed by atoms with Crippen LogP contribution < -0.4 is 4.74 Å². The second-order valence-corrected chi connectivity index (χ2v) is 3.14.